The number of benzene rings is 2. The van der Waals surface area contributed by atoms with Crippen LogP contribution in [0, 0.1) is 5.82 Å². The Kier molecular flexibility index (Phi) is 3.47. The van der Waals surface area contributed by atoms with Gasteiger partial charge in [0.1, 0.15) is 5.82 Å². The van der Waals surface area contributed by atoms with Crippen molar-refractivity contribution >= 4 is 22.5 Å². The Hall–Kier alpha value is -1.84. The number of hydrogen-bond acceptors (Lipinski definition) is 1. The fourth-order valence-electron chi connectivity index (χ4n) is 2.41. The van der Waals surface area contributed by atoms with Crippen molar-refractivity contribution in [2.24, 2.45) is 0 Å². The summed E-state index contributed by atoms with van der Waals surface area (Å²) in [6, 6.07) is 12.2. The predicted octanol–water partition coefficient (Wildman–Crippen LogP) is 3.97. The topological polar surface area (TPSA) is 25.2 Å². The maximum Gasteiger partial charge on any atom is 0.128 e. The molecule has 3 aromatic rings. The maximum atomic E-state index is 13.8. The van der Waals surface area contributed by atoms with E-state index in [2.05, 4.69) is 0 Å². The van der Waals surface area contributed by atoms with E-state index in [9.17, 15) is 9.50 Å². The van der Waals surface area contributed by atoms with Crippen molar-refractivity contribution in [3.05, 3.63) is 70.6 Å². The van der Waals surface area contributed by atoms with Crippen molar-refractivity contribution in [3.63, 3.8) is 0 Å². The molecule has 3 rings (SSSR count). The SMILES string of the molecule is OCc1cn(Cc2ccccc2F)c2cc(Cl)ccc12. The van der Waals surface area contributed by atoms with Crippen molar-refractivity contribution < 1.29 is 9.50 Å². The second kappa shape index (κ2) is 5.27. The zero-order valence-corrected chi connectivity index (χ0v) is 11.4. The number of aliphatic hydroxyl groups is 1. The van der Waals surface area contributed by atoms with Crippen LogP contribution in [0.15, 0.2) is 48.7 Å². The van der Waals surface area contributed by atoms with Crippen molar-refractivity contribution in [1.82, 2.24) is 4.57 Å². The van der Waals surface area contributed by atoms with E-state index >= 15 is 0 Å². The average Bonchev–Trinajstić information content (AvgIpc) is 2.79. The normalized spacial score (nSPS) is 11.2. The molecule has 1 N–H and O–H groups in total. The third-order valence-corrected chi connectivity index (χ3v) is 3.63. The van der Waals surface area contributed by atoms with Gasteiger partial charge in [0.05, 0.1) is 18.7 Å². The molecule has 0 amide bonds. The van der Waals surface area contributed by atoms with Crippen molar-refractivity contribution in [2.75, 3.05) is 0 Å². The first-order valence-corrected chi connectivity index (χ1v) is 6.68. The van der Waals surface area contributed by atoms with E-state index < -0.39 is 0 Å². The molecule has 2 nitrogen and oxygen atoms in total. The highest BCUT2D eigenvalue weighted by molar-refractivity contribution is 6.31. The first-order valence-electron chi connectivity index (χ1n) is 6.30. The molecule has 0 spiro atoms. The zero-order chi connectivity index (χ0) is 14.1. The molecule has 20 heavy (non-hydrogen) atoms. The second-order valence-corrected chi connectivity index (χ2v) is 5.13. The molecule has 0 radical (unpaired) electrons. The minimum absolute atomic E-state index is 0.0532. The first kappa shape index (κ1) is 13.2. The molecule has 0 saturated heterocycles. The Morgan fingerprint density at radius 2 is 1.90 bits per heavy atom. The van der Waals surface area contributed by atoms with E-state index in [1.165, 1.54) is 6.07 Å². The fourth-order valence-corrected chi connectivity index (χ4v) is 2.57. The van der Waals surface area contributed by atoms with Crippen LogP contribution in [-0.4, -0.2) is 9.67 Å². The van der Waals surface area contributed by atoms with Crippen LogP contribution >= 0.6 is 11.6 Å². The number of aliphatic hydroxyl groups excluding tert-OH is 1. The minimum Gasteiger partial charge on any atom is -0.392 e. The molecular weight excluding hydrogens is 277 g/mol. The van der Waals surface area contributed by atoms with Gasteiger partial charge in [0.15, 0.2) is 0 Å². The number of rotatable bonds is 3. The quantitative estimate of drug-likeness (QED) is 0.775. The summed E-state index contributed by atoms with van der Waals surface area (Å²) in [5.41, 5.74) is 2.31. The van der Waals surface area contributed by atoms with Gasteiger partial charge in [-0.05, 0) is 18.2 Å². The first-order chi connectivity index (χ1) is 9.69. The van der Waals surface area contributed by atoms with Gasteiger partial charge >= 0.3 is 0 Å². The van der Waals surface area contributed by atoms with Gasteiger partial charge in [0, 0.05) is 27.7 Å². The number of nitrogens with zero attached hydrogens (tertiary/aromatic N) is 1. The molecule has 0 fully saturated rings. The van der Waals surface area contributed by atoms with Gasteiger partial charge in [-0.25, -0.2) is 4.39 Å². The summed E-state index contributed by atoms with van der Waals surface area (Å²) in [5.74, 6) is -0.234. The van der Waals surface area contributed by atoms with Crippen LogP contribution in [0.25, 0.3) is 10.9 Å². The smallest absolute Gasteiger partial charge is 0.128 e. The summed E-state index contributed by atoms with van der Waals surface area (Å²) in [6.45, 7) is 0.353. The molecule has 0 unspecified atom stereocenters. The standard InChI is InChI=1S/C16H13ClFNO/c17-13-5-6-14-12(10-20)9-19(16(14)7-13)8-11-3-1-2-4-15(11)18/h1-7,9,20H,8,10H2. The number of aromatic nitrogens is 1. The Labute approximate surface area is 121 Å². The highest BCUT2D eigenvalue weighted by Gasteiger charge is 2.10. The molecule has 0 aliphatic carbocycles. The van der Waals surface area contributed by atoms with E-state index in [-0.39, 0.29) is 12.4 Å². The van der Waals surface area contributed by atoms with Gasteiger partial charge in [-0.2, -0.15) is 0 Å². The Morgan fingerprint density at radius 3 is 2.65 bits per heavy atom. The molecule has 0 aliphatic heterocycles. The lowest BCUT2D eigenvalue weighted by atomic mass is 10.2. The number of fused-ring (bicyclic) bond motifs is 1. The number of halogens is 2. The van der Waals surface area contributed by atoms with Gasteiger partial charge < -0.3 is 9.67 Å². The van der Waals surface area contributed by atoms with Crippen molar-refractivity contribution in [2.45, 2.75) is 13.2 Å². The molecule has 2 aromatic carbocycles. The maximum absolute atomic E-state index is 13.8. The summed E-state index contributed by atoms with van der Waals surface area (Å²) >= 11 is 6.03. The summed E-state index contributed by atoms with van der Waals surface area (Å²) in [6.07, 6.45) is 1.84. The Morgan fingerprint density at radius 1 is 1.10 bits per heavy atom. The van der Waals surface area contributed by atoms with Gasteiger partial charge in [-0.15, -0.1) is 0 Å². The Bertz CT molecular complexity index is 766. The van der Waals surface area contributed by atoms with Crippen LogP contribution in [0.5, 0.6) is 0 Å². The molecule has 4 heteroatoms. The van der Waals surface area contributed by atoms with E-state index in [0.29, 0.717) is 17.1 Å². The highest BCUT2D eigenvalue weighted by atomic mass is 35.5. The fraction of sp³-hybridized carbons (Fsp3) is 0.125. The van der Waals surface area contributed by atoms with Gasteiger partial charge in [-0.3, -0.25) is 0 Å². The van der Waals surface area contributed by atoms with Crippen LogP contribution in [0.1, 0.15) is 11.1 Å². The monoisotopic (exact) mass is 289 g/mol. The molecule has 0 bridgehead atoms. The second-order valence-electron chi connectivity index (χ2n) is 4.69. The van der Waals surface area contributed by atoms with Crippen LogP contribution in [0.4, 0.5) is 4.39 Å². The summed E-state index contributed by atoms with van der Waals surface area (Å²) in [4.78, 5) is 0. The third kappa shape index (κ3) is 2.30. The van der Waals surface area contributed by atoms with E-state index in [1.54, 1.807) is 18.2 Å². The van der Waals surface area contributed by atoms with Crippen LogP contribution in [0.2, 0.25) is 5.02 Å². The lowest BCUT2D eigenvalue weighted by Gasteiger charge is -2.06. The largest absolute Gasteiger partial charge is 0.392 e. The van der Waals surface area contributed by atoms with Crippen LogP contribution in [0.3, 0.4) is 0 Å². The predicted molar refractivity (Wildman–Crippen MR) is 78.4 cm³/mol. The highest BCUT2D eigenvalue weighted by Crippen LogP contribution is 2.26. The molecule has 0 atom stereocenters. The summed E-state index contributed by atoms with van der Waals surface area (Å²) in [5, 5.41) is 11.0. The molecule has 1 aromatic heterocycles. The minimum atomic E-state index is -0.234. The molecule has 102 valence electrons. The third-order valence-electron chi connectivity index (χ3n) is 3.40. The lowest BCUT2D eigenvalue weighted by molar-refractivity contribution is 0.283. The van der Waals surface area contributed by atoms with E-state index in [0.717, 1.165) is 16.5 Å². The van der Waals surface area contributed by atoms with Gasteiger partial charge in [0.2, 0.25) is 0 Å². The van der Waals surface area contributed by atoms with Gasteiger partial charge in [-0.1, -0.05) is 35.9 Å². The van der Waals surface area contributed by atoms with Crippen LogP contribution < -0.4 is 0 Å². The molecule has 0 aliphatic rings. The number of hydrogen-bond donors (Lipinski definition) is 1. The molecule has 1 heterocycles. The van der Waals surface area contributed by atoms with Crippen molar-refractivity contribution in [1.29, 1.82) is 0 Å². The summed E-state index contributed by atoms with van der Waals surface area (Å²) < 4.78 is 15.7. The average molecular weight is 290 g/mol. The Balaban J connectivity index is 2.12. The van der Waals surface area contributed by atoms with E-state index in [4.69, 9.17) is 11.6 Å². The molecule has 0 saturated carbocycles. The molecular formula is C16H13ClFNO. The van der Waals surface area contributed by atoms with Gasteiger partial charge in [0.25, 0.3) is 0 Å². The zero-order valence-electron chi connectivity index (χ0n) is 10.7. The van der Waals surface area contributed by atoms with E-state index in [1.807, 2.05) is 29.0 Å². The van der Waals surface area contributed by atoms with Crippen LogP contribution in [-0.2, 0) is 13.2 Å². The lowest BCUT2D eigenvalue weighted by Crippen LogP contribution is -2.00. The van der Waals surface area contributed by atoms with Crippen molar-refractivity contribution in [3.8, 4) is 0 Å². The summed E-state index contributed by atoms with van der Waals surface area (Å²) in [7, 11) is 0.